The van der Waals surface area contributed by atoms with Gasteiger partial charge in [-0.2, -0.15) is 5.26 Å². The maximum atomic E-state index is 12.3. The van der Waals surface area contributed by atoms with Crippen molar-refractivity contribution in [3.8, 4) is 23.3 Å². The molecule has 0 saturated heterocycles. The van der Waals surface area contributed by atoms with E-state index in [2.05, 4.69) is 0 Å². The van der Waals surface area contributed by atoms with Crippen LogP contribution in [0.15, 0.2) is 42.5 Å². The van der Waals surface area contributed by atoms with Crippen molar-refractivity contribution in [1.82, 2.24) is 4.90 Å². The molecule has 0 fully saturated rings. The summed E-state index contributed by atoms with van der Waals surface area (Å²) in [4.78, 5) is 13.8. The molecule has 0 heterocycles. The van der Waals surface area contributed by atoms with Crippen molar-refractivity contribution in [3.05, 3.63) is 53.6 Å². The van der Waals surface area contributed by atoms with Crippen molar-refractivity contribution < 1.29 is 19.0 Å². The van der Waals surface area contributed by atoms with Crippen molar-refractivity contribution in [2.75, 3.05) is 27.9 Å². The highest BCUT2D eigenvalue weighted by molar-refractivity contribution is 5.77. The zero-order valence-electron chi connectivity index (χ0n) is 14.5. The van der Waals surface area contributed by atoms with Gasteiger partial charge in [-0.25, -0.2) is 0 Å². The van der Waals surface area contributed by atoms with Crippen LogP contribution in [0.1, 0.15) is 11.1 Å². The summed E-state index contributed by atoms with van der Waals surface area (Å²) in [6.07, 6.45) is 0. The molecule has 0 aliphatic carbocycles. The minimum Gasteiger partial charge on any atom is -0.493 e. The Hall–Kier alpha value is -3.20. The first-order valence-electron chi connectivity index (χ1n) is 7.65. The van der Waals surface area contributed by atoms with Gasteiger partial charge in [0, 0.05) is 13.6 Å². The third-order valence-electron chi connectivity index (χ3n) is 3.65. The first kappa shape index (κ1) is 18.1. The first-order chi connectivity index (χ1) is 12.1. The summed E-state index contributed by atoms with van der Waals surface area (Å²) in [6.45, 7) is 0.269. The molecule has 0 N–H and O–H groups in total. The Kier molecular flexibility index (Phi) is 6.24. The smallest absolute Gasteiger partial charge is 0.260 e. The highest BCUT2D eigenvalue weighted by atomic mass is 16.5. The van der Waals surface area contributed by atoms with Crippen molar-refractivity contribution >= 4 is 5.91 Å². The normalized spacial score (nSPS) is 9.84. The molecule has 2 aromatic carbocycles. The van der Waals surface area contributed by atoms with E-state index in [4.69, 9.17) is 19.5 Å². The van der Waals surface area contributed by atoms with Crippen LogP contribution < -0.4 is 14.2 Å². The fourth-order valence-corrected chi connectivity index (χ4v) is 2.28. The number of carbonyl (C=O) groups is 1. The van der Waals surface area contributed by atoms with Gasteiger partial charge in [-0.3, -0.25) is 4.79 Å². The molecule has 0 unspecified atom stereocenters. The van der Waals surface area contributed by atoms with E-state index < -0.39 is 0 Å². The van der Waals surface area contributed by atoms with E-state index in [-0.39, 0.29) is 12.5 Å². The number of nitrogens with zero attached hydrogens (tertiary/aromatic N) is 2. The predicted molar refractivity (Wildman–Crippen MR) is 92.7 cm³/mol. The first-order valence-corrected chi connectivity index (χ1v) is 7.65. The van der Waals surface area contributed by atoms with Crippen LogP contribution in [0.2, 0.25) is 0 Å². The second-order valence-corrected chi connectivity index (χ2v) is 5.34. The monoisotopic (exact) mass is 340 g/mol. The standard InChI is InChI=1S/C19H20N2O4/c1-21(12-14-8-9-17(23-2)18(10-14)24-3)19(22)13-25-16-7-5-4-6-15(16)11-20/h4-10H,12-13H2,1-3H3. The lowest BCUT2D eigenvalue weighted by molar-refractivity contribution is -0.132. The number of hydrogen-bond donors (Lipinski definition) is 0. The lowest BCUT2D eigenvalue weighted by atomic mass is 10.2. The Morgan fingerprint density at radius 1 is 1.08 bits per heavy atom. The second kappa shape index (κ2) is 8.60. The van der Waals surface area contributed by atoms with Crippen molar-refractivity contribution in [2.24, 2.45) is 0 Å². The number of likely N-dealkylation sites (N-methyl/N-ethyl adjacent to an activating group) is 1. The molecule has 2 rings (SSSR count). The second-order valence-electron chi connectivity index (χ2n) is 5.34. The molecule has 130 valence electrons. The van der Waals surface area contributed by atoms with Gasteiger partial charge >= 0.3 is 0 Å². The lowest BCUT2D eigenvalue weighted by Crippen LogP contribution is -2.31. The highest BCUT2D eigenvalue weighted by Gasteiger charge is 2.13. The van der Waals surface area contributed by atoms with E-state index in [0.717, 1.165) is 5.56 Å². The number of ether oxygens (including phenoxy) is 3. The molecule has 0 aromatic heterocycles. The van der Waals surface area contributed by atoms with E-state index in [1.807, 2.05) is 18.2 Å². The van der Waals surface area contributed by atoms with Crippen molar-refractivity contribution in [3.63, 3.8) is 0 Å². The summed E-state index contributed by atoms with van der Waals surface area (Å²) < 4.78 is 15.9. The van der Waals surface area contributed by atoms with E-state index in [9.17, 15) is 4.79 Å². The quantitative estimate of drug-likeness (QED) is 0.775. The predicted octanol–water partition coefficient (Wildman–Crippen LogP) is 2.61. The van der Waals surface area contributed by atoms with Gasteiger partial charge in [0.1, 0.15) is 11.8 Å². The topological polar surface area (TPSA) is 71.8 Å². The van der Waals surface area contributed by atoms with Crippen LogP contribution in [0.4, 0.5) is 0 Å². The zero-order chi connectivity index (χ0) is 18.2. The molecule has 6 nitrogen and oxygen atoms in total. The van der Waals surface area contributed by atoms with Crippen LogP contribution >= 0.6 is 0 Å². The number of methoxy groups -OCH3 is 2. The van der Waals surface area contributed by atoms with E-state index in [0.29, 0.717) is 29.4 Å². The summed E-state index contributed by atoms with van der Waals surface area (Å²) in [5.41, 5.74) is 1.31. The SMILES string of the molecule is COc1ccc(CN(C)C(=O)COc2ccccc2C#N)cc1OC. The largest absolute Gasteiger partial charge is 0.493 e. The lowest BCUT2D eigenvalue weighted by Gasteiger charge is -2.18. The summed E-state index contributed by atoms with van der Waals surface area (Å²) in [5, 5.41) is 9.03. The summed E-state index contributed by atoms with van der Waals surface area (Å²) in [7, 11) is 4.83. The Morgan fingerprint density at radius 2 is 1.80 bits per heavy atom. The average molecular weight is 340 g/mol. The molecule has 0 saturated carbocycles. The molecule has 0 spiro atoms. The van der Waals surface area contributed by atoms with Crippen LogP contribution in [-0.2, 0) is 11.3 Å². The number of amides is 1. The molecule has 0 aliphatic heterocycles. The minimum atomic E-state index is -0.192. The summed E-state index contributed by atoms with van der Waals surface area (Å²) in [5.74, 6) is 1.46. The molecule has 0 atom stereocenters. The van der Waals surface area contributed by atoms with E-state index in [1.54, 1.807) is 56.5 Å². The molecule has 1 amide bonds. The third-order valence-corrected chi connectivity index (χ3v) is 3.65. The molecule has 25 heavy (non-hydrogen) atoms. The number of carbonyl (C=O) groups excluding carboxylic acids is 1. The Balaban J connectivity index is 1.97. The number of hydrogen-bond acceptors (Lipinski definition) is 5. The summed E-state index contributed by atoms with van der Waals surface area (Å²) >= 11 is 0. The molecule has 6 heteroatoms. The average Bonchev–Trinajstić information content (AvgIpc) is 2.65. The van der Waals surface area contributed by atoms with E-state index >= 15 is 0 Å². The van der Waals surface area contributed by atoms with Gasteiger partial charge in [0.2, 0.25) is 0 Å². The van der Waals surface area contributed by atoms with Gasteiger partial charge in [0.05, 0.1) is 19.8 Å². The van der Waals surface area contributed by atoms with Gasteiger partial charge in [0.25, 0.3) is 5.91 Å². The van der Waals surface area contributed by atoms with Crippen LogP contribution in [-0.4, -0.2) is 38.7 Å². The number of nitriles is 1. The Labute approximate surface area is 147 Å². The van der Waals surface area contributed by atoms with Crippen LogP contribution in [0.25, 0.3) is 0 Å². The molecule has 0 radical (unpaired) electrons. The number of rotatable bonds is 7. The molecule has 0 bridgehead atoms. The Bertz CT molecular complexity index is 783. The van der Waals surface area contributed by atoms with Gasteiger partial charge < -0.3 is 19.1 Å². The van der Waals surface area contributed by atoms with Gasteiger partial charge in [0.15, 0.2) is 18.1 Å². The minimum absolute atomic E-state index is 0.136. The van der Waals surface area contributed by atoms with Crippen molar-refractivity contribution in [2.45, 2.75) is 6.54 Å². The molecular weight excluding hydrogens is 320 g/mol. The molecular formula is C19H20N2O4. The van der Waals surface area contributed by atoms with Crippen LogP contribution in [0, 0.1) is 11.3 Å². The van der Waals surface area contributed by atoms with Crippen LogP contribution in [0.3, 0.4) is 0 Å². The number of para-hydroxylation sites is 1. The van der Waals surface area contributed by atoms with Crippen molar-refractivity contribution in [1.29, 1.82) is 5.26 Å². The Morgan fingerprint density at radius 3 is 2.48 bits per heavy atom. The molecule has 2 aromatic rings. The third kappa shape index (κ3) is 4.64. The van der Waals surface area contributed by atoms with Crippen LogP contribution in [0.5, 0.6) is 17.2 Å². The fraction of sp³-hybridized carbons (Fsp3) is 0.263. The maximum Gasteiger partial charge on any atom is 0.260 e. The number of benzene rings is 2. The fourth-order valence-electron chi connectivity index (χ4n) is 2.28. The summed E-state index contributed by atoms with van der Waals surface area (Å²) in [6, 6.07) is 14.4. The highest BCUT2D eigenvalue weighted by Crippen LogP contribution is 2.28. The van der Waals surface area contributed by atoms with Gasteiger partial charge in [-0.1, -0.05) is 18.2 Å². The molecule has 0 aliphatic rings. The zero-order valence-corrected chi connectivity index (χ0v) is 14.5. The van der Waals surface area contributed by atoms with Gasteiger partial charge in [-0.05, 0) is 29.8 Å². The van der Waals surface area contributed by atoms with E-state index in [1.165, 1.54) is 0 Å². The maximum absolute atomic E-state index is 12.3. The van der Waals surface area contributed by atoms with Gasteiger partial charge in [-0.15, -0.1) is 0 Å².